The van der Waals surface area contributed by atoms with E-state index in [1.165, 1.54) is 32.2 Å². The van der Waals surface area contributed by atoms with Crippen LogP contribution in [0, 0.1) is 0 Å². The largest absolute Gasteiger partial charge is 0.508 e. The molecule has 12 N–H and O–H groups in total. The van der Waals surface area contributed by atoms with Crippen molar-refractivity contribution >= 4 is 11.0 Å². The van der Waals surface area contributed by atoms with E-state index in [0.29, 0.717) is 0 Å². The molecule has 3 fully saturated rings. The summed E-state index contributed by atoms with van der Waals surface area (Å²) in [4.78, 5) is 14.0. The first-order valence-corrected chi connectivity index (χ1v) is 16.9. The quantitative estimate of drug-likeness (QED) is 0.0934. The Morgan fingerprint density at radius 2 is 1.27 bits per heavy atom. The van der Waals surface area contributed by atoms with Crippen LogP contribution in [-0.4, -0.2) is 174 Å². The Balaban J connectivity index is 1.33. The van der Waals surface area contributed by atoms with Crippen LogP contribution in [0.5, 0.6) is 28.7 Å². The molecular formula is C34H42O21. The Morgan fingerprint density at radius 3 is 1.93 bits per heavy atom. The van der Waals surface area contributed by atoms with Crippen LogP contribution >= 0.6 is 0 Å². The summed E-state index contributed by atoms with van der Waals surface area (Å²) in [6.07, 6.45) is -24.7. The van der Waals surface area contributed by atoms with E-state index < -0.39 is 139 Å². The molecule has 21 nitrogen and oxygen atoms in total. The molecular weight excluding hydrogens is 744 g/mol. The molecule has 4 heterocycles. The molecule has 0 aliphatic carbocycles. The fourth-order valence-corrected chi connectivity index (χ4v) is 6.37. The van der Waals surface area contributed by atoms with Crippen LogP contribution in [0.1, 0.15) is 6.92 Å². The number of aromatic hydroxyl groups is 2. The van der Waals surface area contributed by atoms with E-state index in [2.05, 4.69) is 0 Å². The van der Waals surface area contributed by atoms with E-state index in [-0.39, 0.29) is 22.6 Å². The van der Waals surface area contributed by atoms with E-state index in [9.17, 15) is 66.1 Å². The van der Waals surface area contributed by atoms with E-state index in [4.69, 9.17) is 37.6 Å². The number of hydrogen-bond donors (Lipinski definition) is 12. The molecule has 304 valence electrons. The van der Waals surface area contributed by atoms with Crippen molar-refractivity contribution in [1.82, 2.24) is 0 Å². The molecule has 3 aromatic rings. The molecule has 3 saturated heterocycles. The Bertz CT molecular complexity index is 1870. The van der Waals surface area contributed by atoms with Gasteiger partial charge in [-0.25, -0.2) is 0 Å². The zero-order chi connectivity index (χ0) is 40.0. The molecule has 3 aliphatic rings. The molecule has 3 aliphatic heterocycles. The summed E-state index contributed by atoms with van der Waals surface area (Å²) >= 11 is 0. The molecule has 0 radical (unpaired) electrons. The van der Waals surface area contributed by atoms with Gasteiger partial charge in [0.05, 0.1) is 26.4 Å². The maximum absolute atomic E-state index is 14.0. The third-order valence-corrected chi connectivity index (χ3v) is 9.57. The van der Waals surface area contributed by atoms with Gasteiger partial charge in [0.2, 0.25) is 23.8 Å². The van der Waals surface area contributed by atoms with Crippen molar-refractivity contribution in [2.24, 2.45) is 0 Å². The molecule has 0 bridgehead atoms. The lowest BCUT2D eigenvalue weighted by Crippen LogP contribution is -2.61. The van der Waals surface area contributed by atoms with Crippen LogP contribution in [-0.2, 0) is 18.9 Å². The summed E-state index contributed by atoms with van der Waals surface area (Å²) in [5.41, 5.74) is -1.39. The topological polar surface area (TPSA) is 338 Å². The van der Waals surface area contributed by atoms with E-state index >= 15 is 0 Å². The minimum atomic E-state index is -2.03. The lowest BCUT2D eigenvalue weighted by Gasteiger charge is -2.42. The molecule has 21 heteroatoms. The summed E-state index contributed by atoms with van der Waals surface area (Å²) in [5, 5.41) is 123. The van der Waals surface area contributed by atoms with Crippen molar-refractivity contribution in [2.75, 3.05) is 20.3 Å². The predicted molar refractivity (Wildman–Crippen MR) is 178 cm³/mol. The van der Waals surface area contributed by atoms with Crippen LogP contribution < -0.4 is 19.6 Å². The average molecular weight is 787 g/mol. The van der Waals surface area contributed by atoms with Gasteiger partial charge in [0.15, 0.2) is 23.5 Å². The number of aliphatic hydroxyl groups excluding tert-OH is 10. The number of methoxy groups -OCH3 is 1. The molecule has 0 saturated carbocycles. The summed E-state index contributed by atoms with van der Waals surface area (Å²) in [6, 6.07) is 5.71. The first kappa shape index (κ1) is 40.7. The van der Waals surface area contributed by atoms with Gasteiger partial charge in [0, 0.05) is 17.7 Å². The number of phenolic OH excluding ortho intramolecular Hbond substituents is 2. The van der Waals surface area contributed by atoms with Gasteiger partial charge in [-0.3, -0.25) is 4.79 Å². The number of fused-ring (bicyclic) bond motifs is 1. The van der Waals surface area contributed by atoms with Crippen molar-refractivity contribution in [1.29, 1.82) is 0 Å². The van der Waals surface area contributed by atoms with Crippen LogP contribution in [0.3, 0.4) is 0 Å². The minimum absolute atomic E-state index is 0.00102. The van der Waals surface area contributed by atoms with E-state index in [1.807, 2.05) is 0 Å². The van der Waals surface area contributed by atoms with Crippen molar-refractivity contribution in [3.8, 4) is 40.1 Å². The summed E-state index contributed by atoms with van der Waals surface area (Å²) in [7, 11) is 1.23. The van der Waals surface area contributed by atoms with E-state index in [1.54, 1.807) is 0 Å². The molecule has 6 rings (SSSR count). The van der Waals surface area contributed by atoms with Crippen molar-refractivity contribution < 1.29 is 98.9 Å². The van der Waals surface area contributed by atoms with Gasteiger partial charge in [-0.15, -0.1) is 0 Å². The van der Waals surface area contributed by atoms with Crippen molar-refractivity contribution in [3.63, 3.8) is 0 Å². The molecule has 55 heavy (non-hydrogen) atoms. The molecule has 8 unspecified atom stereocenters. The van der Waals surface area contributed by atoms with Gasteiger partial charge in [-0.2, -0.15) is 0 Å². The highest BCUT2D eigenvalue weighted by Crippen LogP contribution is 2.41. The zero-order valence-corrected chi connectivity index (χ0v) is 29.0. The normalized spacial score (nSPS) is 36.8. The maximum atomic E-state index is 14.0. The fourth-order valence-electron chi connectivity index (χ4n) is 6.37. The SMILES string of the molecule is COc1cc(-c2oc3cc(O)cc(O)c3c(=O)c2O[C@@H]2OC(CO[C@@H]3OC(C)[C@H](O)[C@H](O)C3O)[C@@H](O)C(O)C2O)ccc1O[C@@H]1OC(CO)[C@@H](O)C(O)C1O. The third-order valence-electron chi connectivity index (χ3n) is 9.57. The maximum Gasteiger partial charge on any atom is 0.239 e. The van der Waals surface area contributed by atoms with Crippen LogP contribution in [0.25, 0.3) is 22.3 Å². The van der Waals surface area contributed by atoms with Gasteiger partial charge in [-0.1, -0.05) is 0 Å². The number of phenols is 2. The van der Waals surface area contributed by atoms with Gasteiger partial charge in [0.25, 0.3) is 0 Å². The third kappa shape index (κ3) is 7.77. The number of ether oxygens (including phenoxy) is 7. The monoisotopic (exact) mass is 786 g/mol. The molecule has 15 atom stereocenters. The fraction of sp³-hybridized carbons (Fsp3) is 0.559. The Labute approximate surface area is 309 Å². The lowest BCUT2D eigenvalue weighted by molar-refractivity contribution is -0.318. The Hall–Kier alpha value is -3.91. The summed E-state index contributed by atoms with van der Waals surface area (Å²) in [6.45, 7) is 0.0497. The molecule has 0 spiro atoms. The predicted octanol–water partition coefficient (Wildman–Crippen LogP) is -3.91. The first-order valence-electron chi connectivity index (χ1n) is 16.9. The smallest absolute Gasteiger partial charge is 0.239 e. The first-order chi connectivity index (χ1) is 26.1. The van der Waals surface area contributed by atoms with Crippen LogP contribution in [0.15, 0.2) is 39.5 Å². The average Bonchev–Trinajstić information content (AvgIpc) is 3.16. The highest BCUT2D eigenvalue weighted by atomic mass is 16.7. The van der Waals surface area contributed by atoms with Gasteiger partial charge in [-0.05, 0) is 25.1 Å². The second-order valence-corrected chi connectivity index (χ2v) is 13.3. The van der Waals surface area contributed by atoms with Gasteiger partial charge >= 0.3 is 0 Å². The van der Waals surface area contributed by atoms with Gasteiger partial charge < -0.3 is 98.9 Å². The van der Waals surface area contributed by atoms with Crippen molar-refractivity contribution in [3.05, 3.63) is 40.6 Å². The molecule has 0 amide bonds. The Morgan fingerprint density at radius 1 is 0.673 bits per heavy atom. The highest BCUT2D eigenvalue weighted by Gasteiger charge is 2.48. The number of rotatable bonds is 10. The van der Waals surface area contributed by atoms with Crippen LogP contribution in [0.4, 0.5) is 0 Å². The number of aliphatic hydroxyl groups is 10. The zero-order valence-electron chi connectivity index (χ0n) is 29.0. The number of hydrogen-bond acceptors (Lipinski definition) is 21. The Kier molecular flexibility index (Phi) is 12.1. The molecule has 1 aromatic heterocycles. The van der Waals surface area contributed by atoms with E-state index in [0.717, 1.165) is 12.1 Å². The summed E-state index contributed by atoms with van der Waals surface area (Å²) in [5.74, 6) is -2.53. The van der Waals surface area contributed by atoms with Crippen LogP contribution in [0.2, 0.25) is 0 Å². The summed E-state index contributed by atoms with van der Waals surface area (Å²) < 4.78 is 44.9. The standard InChI is InChI=1S/C34H42O21/c1-10-20(38)24(42)27(45)32(50-10)49-9-18-22(40)26(44)29(47)34(54-18)55-31-23(41)19-13(37)6-12(36)7-16(19)51-30(31)11-3-4-14(15(5-11)48-2)52-33-28(46)25(43)21(39)17(8-35)53-33/h3-7,10,17-18,20-22,24-29,32-40,42-47H,8-9H2,1-2H3/t10?,17?,18?,20-,21+,22+,24-,25?,26?,27?,28?,29?,32+,33+,34-/m0/s1. The highest BCUT2D eigenvalue weighted by molar-refractivity contribution is 5.88. The van der Waals surface area contributed by atoms with Crippen molar-refractivity contribution in [2.45, 2.75) is 99.0 Å². The second kappa shape index (κ2) is 16.3. The minimum Gasteiger partial charge on any atom is -0.508 e. The number of benzene rings is 2. The second-order valence-electron chi connectivity index (χ2n) is 13.3. The molecule has 2 aromatic carbocycles. The lowest BCUT2D eigenvalue weighted by atomic mass is 9.98. The van der Waals surface area contributed by atoms with Gasteiger partial charge in [0.1, 0.15) is 89.6 Å².